The molecule has 0 aliphatic rings. The molecule has 0 aromatic heterocycles. The average Bonchev–Trinajstić information content (AvgIpc) is 3.22. The Morgan fingerprint density at radius 1 is 0.267 bits per heavy atom. The highest BCUT2D eigenvalue weighted by Crippen LogP contribution is 2.57. The molecule has 0 amide bonds. The Labute approximate surface area is 337 Å². The molecule has 0 aliphatic carbocycles. The maximum absolute atomic E-state index is 16.3. The highest BCUT2D eigenvalue weighted by atomic mass is 31.0. The third-order valence-corrected chi connectivity index (χ3v) is 12.6. The summed E-state index contributed by atoms with van der Waals surface area (Å²) in [6.07, 6.45) is 0. The quantitative estimate of drug-likeness (QED) is 0.0648. The zero-order valence-corrected chi connectivity index (χ0v) is 32.5. The second-order valence-corrected chi connectivity index (χ2v) is 15.8. The van der Waals surface area contributed by atoms with E-state index in [0.29, 0.717) is 35.0 Å². The number of rotatable bonds is 7. The number of halogens is 12. The van der Waals surface area contributed by atoms with Gasteiger partial charge >= 0.3 is 0 Å². The minimum atomic E-state index is -2.53. The Bertz CT molecular complexity index is 2750. The van der Waals surface area contributed by atoms with E-state index in [4.69, 9.17) is 0 Å². The molecule has 14 heteroatoms. The molecule has 302 valence electrons. The topological polar surface area (TPSA) is 0 Å². The predicted molar refractivity (Wildman–Crippen MR) is 211 cm³/mol. The zero-order chi connectivity index (χ0) is 43.0. The summed E-state index contributed by atoms with van der Waals surface area (Å²) >= 11 is 0. The summed E-state index contributed by atoms with van der Waals surface area (Å²) in [4.78, 5) is 0. The maximum atomic E-state index is 16.3. The minimum absolute atomic E-state index is 0.0685. The van der Waals surface area contributed by atoms with Crippen LogP contribution in [0.25, 0.3) is 32.7 Å². The van der Waals surface area contributed by atoms with Gasteiger partial charge in [0.1, 0.15) is 23.3 Å². The summed E-state index contributed by atoms with van der Waals surface area (Å²) in [6.45, 7) is 0. The second kappa shape index (κ2) is 15.1. The van der Waals surface area contributed by atoms with Crippen LogP contribution in [0.4, 0.5) is 52.7 Å². The molecule has 0 nitrogen and oxygen atoms in total. The first-order chi connectivity index (χ1) is 28.5. The van der Waals surface area contributed by atoms with Crippen LogP contribution in [0.15, 0.2) is 121 Å². The van der Waals surface area contributed by atoms with Crippen LogP contribution >= 0.6 is 18.5 Å². The summed E-state index contributed by atoms with van der Waals surface area (Å²) in [6, 6.07) is 20.6. The minimum Gasteiger partial charge on any atom is -0.207 e. The van der Waals surface area contributed by atoms with Gasteiger partial charge in [0.15, 0.2) is 46.5 Å². The van der Waals surface area contributed by atoms with Gasteiger partial charge in [0.25, 0.3) is 0 Å². The zero-order valence-electron chi connectivity index (χ0n) is 30.2. The fraction of sp³-hybridized carbons (Fsp3) is 0.0435. The molecule has 0 heterocycles. The Morgan fingerprint density at radius 3 is 0.800 bits per heavy atom. The summed E-state index contributed by atoms with van der Waals surface area (Å²) in [5.41, 5.74) is -3.81. The Kier molecular flexibility index (Phi) is 10.3. The number of fused-ring (bicyclic) bond motifs is 2. The number of benzene rings is 8. The van der Waals surface area contributed by atoms with E-state index in [-0.39, 0.29) is 57.3 Å². The molecule has 0 fully saturated rings. The van der Waals surface area contributed by atoms with Gasteiger partial charge in [-0.15, -0.1) is 18.5 Å². The molecule has 0 radical (unpaired) electrons. The van der Waals surface area contributed by atoms with E-state index in [1.54, 1.807) is 36.4 Å². The molecular formula is C46H24F12P2. The molecule has 60 heavy (non-hydrogen) atoms. The molecular weight excluding hydrogens is 842 g/mol. The van der Waals surface area contributed by atoms with E-state index in [9.17, 15) is 17.6 Å². The average molecular weight is 867 g/mol. The van der Waals surface area contributed by atoms with Crippen molar-refractivity contribution in [3.63, 3.8) is 0 Å². The molecule has 8 rings (SSSR count). The first kappa shape index (κ1) is 41.1. The summed E-state index contributed by atoms with van der Waals surface area (Å²) in [7, 11) is 4.28. The summed E-state index contributed by atoms with van der Waals surface area (Å²) < 4.78 is 185. The first-order valence-corrected chi connectivity index (χ1v) is 18.8. The summed E-state index contributed by atoms with van der Waals surface area (Å²) in [5, 5.41) is -3.81. The van der Waals surface area contributed by atoms with Gasteiger partial charge in [-0.25, -0.2) is 52.7 Å². The van der Waals surface area contributed by atoms with Crippen molar-refractivity contribution in [2.75, 3.05) is 0 Å². The lowest BCUT2D eigenvalue weighted by molar-refractivity contribution is 0.479. The van der Waals surface area contributed by atoms with E-state index in [2.05, 4.69) is 18.5 Å². The molecule has 0 aliphatic heterocycles. The van der Waals surface area contributed by atoms with Gasteiger partial charge < -0.3 is 0 Å². The van der Waals surface area contributed by atoms with E-state index >= 15 is 35.1 Å². The molecule has 2 unspecified atom stereocenters. The Hall–Kier alpha value is -5.70. The van der Waals surface area contributed by atoms with Gasteiger partial charge in [0.2, 0.25) is 0 Å². The molecule has 0 saturated carbocycles. The van der Waals surface area contributed by atoms with Crippen molar-refractivity contribution >= 4 is 40.0 Å². The SMILES string of the molecule is Fc1cc(F)c(C(P)(c2cc(F)c(F)cc2F)c2ccc3ccccc3c2-c2c(C(P)(c3cc(F)c(F)cc3F)c3cc(F)c(F)cc3F)ccc3ccccc23)cc1F. The van der Waals surface area contributed by atoms with Crippen molar-refractivity contribution in [2.24, 2.45) is 0 Å². The van der Waals surface area contributed by atoms with Crippen LogP contribution in [0.5, 0.6) is 0 Å². The third-order valence-electron chi connectivity index (χ3n) is 10.7. The Morgan fingerprint density at radius 2 is 0.517 bits per heavy atom. The van der Waals surface area contributed by atoms with Crippen molar-refractivity contribution in [3.8, 4) is 11.1 Å². The van der Waals surface area contributed by atoms with E-state index in [1.807, 2.05) is 0 Å². The fourth-order valence-electron chi connectivity index (χ4n) is 7.91. The van der Waals surface area contributed by atoms with Gasteiger partial charge in [-0.2, -0.15) is 0 Å². The van der Waals surface area contributed by atoms with E-state index < -0.39 is 102 Å². The molecule has 0 bridgehead atoms. The number of hydrogen-bond acceptors (Lipinski definition) is 0. The van der Waals surface area contributed by atoms with Crippen LogP contribution in [0.3, 0.4) is 0 Å². The Balaban J connectivity index is 1.64. The molecule has 0 spiro atoms. The van der Waals surface area contributed by atoms with Crippen molar-refractivity contribution in [1.82, 2.24) is 0 Å². The van der Waals surface area contributed by atoms with E-state index in [1.165, 1.54) is 36.4 Å². The molecule has 0 saturated heterocycles. The van der Waals surface area contributed by atoms with Crippen LogP contribution < -0.4 is 0 Å². The molecule has 2 atom stereocenters. The van der Waals surface area contributed by atoms with Crippen LogP contribution in [-0.4, -0.2) is 0 Å². The number of hydrogen-bond donors (Lipinski definition) is 0. The van der Waals surface area contributed by atoms with Crippen LogP contribution in [-0.2, 0) is 10.3 Å². The summed E-state index contributed by atoms with van der Waals surface area (Å²) in [5.74, 6) is -18.8. The lowest BCUT2D eigenvalue weighted by Crippen LogP contribution is -2.29. The molecule has 8 aromatic carbocycles. The third kappa shape index (κ3) is 6.43. The highest BCUT2D eigenvalue weighted by molar-refractivity contribution is 7.19. The largest absolute Gasteiger partial charge is 0.207 e. The van der Waals surface area contributed by atoms with Crippen molar-refractivity contribution in [2.45, 2.75) is 10.3 Å². The van der Waals surface area contributed by atoms with Gasteiger partial charge in [-0.05, 0) is 68.1 Å². The van der Waals surface area contributed by atoms with Gasteiger partial charge in [0.05, 0.1) is 10.3 Å². The van der Waals surface area contributed by atoms with Gasteiger partial charge in [-0.3, -0.25) is 0 Å². The lowest BCUT2D eigenvalue weighted by Gasteiger charge is -2.38. The highest BCUT2D eigenvalue weighted by Gasteiger charge is 2.44. The van der Waals surface area contributed by atoms with Crippen LogP contribution in [0, 0.1) is 69.8 Å². The normalized spacial score (nSPS) is 12.2. The molecule has 8 aromatic rings. The monoisotopic (exact) mass is 866 g/mol. The second-order valence-electron chi connectivity index (χ2n) is 14.0. The van der Waals surface area contributed by atoms with Gasteiger partial charge in [0, 0.05) is 46.5 Å². The molecule has 0 N–H and O–H groups in total. The van der Waals surface area contributed by atoms with Crippen molar-refractivity contribution in [3.05, 3.63) is 225 Å². The van der Waals surface area contributed by atoms with Crippen LogP contribution in [0.1, 0.15) is 33.4 Å². The maximum Gasteiger partial charge on any atom is 0.161 e. The van der Waals surface area contributed by atoms with Crippen molar-refractivity contribution < 1.29 is 52.7 Å². The lowest BCUT2D eigenvalue weighted by atomic mass is 9.73. The predicted octanol–water partition coefficient (Wildman–Crippen LogP) is 13.7. The standard InChI is InChI=1S/C46H24F12P2/c47-31-17-39(55)35(51)13-27(31)45(59,28-14-36(52)40(56)18-32(28)48)25-11-9-21-5-1-3-7-23(21)43(25)44-24-8-4-2-6-22(24)10-12-26(44)46(60,29-15-37(53)41(57)19-33(29)49)30-16-38(54)42(58)20-34(30)50/h1-20H,59-60H2. The van der Waals surface area contributed by atoms with Crippen LogP contribution in [0.2, 0.25) is 0 Å². The first-order valence-electron chi connectivity index (χ1n) is 17.7. The van der Waals surface area contributed by atoms with Crippen molar-refractivity contribution in [1.29, 1.82) is 0 Å². The smallest absolute Gasteiger partial charge is 0.161 e. The fourth-order valence-corrected chi connectivity index (χ4v) is 9.27. The van der Waals surface area contributed by atoms with Gasteiger partial charge in [-0.1, -0.05) is 72.8 Å². The van der Waals surface area contributed by atoms with E-state index in [0.717, 1.165) is 0 Å².